The number of halogens is 6. The molecule has 1 rings (SSSR count). The van der Waals surface area contributed by atoms with Crippen molar-refractivity contribution in [2.75, 3.05) is 0 Å². The van der Waals surface area contributed by atoms with Crippen molar-refractivity contribution in [3.63, 3.8) is 0 Å². The van der Waals surface area contributed by atoms with Crippen LogP contribution in [0.3, 0.4) is 0 Å². The predicted molar refractivity (Wildman–Crippen MR) is 46.9 cm³/mol. The standard InChI is InChI=1S/C6H4F6O5S2/c7-5(8,9)18(14,15)4(1-3(4)2-13)19(16,17)6(10,11)12/h2-3H,1H2. The van der Waals surface area contributed by atoms with Gasteiger partial charge in [0.05, 0.1) is 5.92 Å². The summed E-state index contributed by atoms with van der Waals surface area (Å²) in [6.45, 7) is 0. The van der Waals surface area contributed by atoms with Gasteiger partial charge in [-0.1, -0.05) is 0 Å². The van der Waals surface area contributed by atoms with E-state index >= 15 is 0 Å². The summed E-state index contributed by atoms with van der Waals surface area (Å²) in [5, 5.41) is 0. The topological polar surface area (TPSA) is 85.3 Å². The number of aldehydes is 1. The molecule has 1 aliphatic rings. The molecule has 19 heavy (non-hydrogen) atoms. The Balaban J connectivity index is 3.62. The maximum Gasteiger partial charge on any atom is 0.498 e. The zero-order valence-corrected chi connectivity index (χ0v) is 10.1. The van der Waals surface area contributed by atoms with Gasteiger partial charge < -0.3 is 4.79 Å². The fourth-order valence-electron chi connectivity index (χ4n) is 1.55. The van der Waals surface area contributed by atoms with Crippen LogP contribution in [0.2, 0.25) is 0 Å². The minimum absolute atomic E-state index is 0.549. The summed E-state index contributed by atoms with van der Waals surface area (Å²) in [6.07, 6.45) is -2.12. The molecule has 0 N–H and O–H groups in total. The van der Waals surface area contributed by atoms with Gasteiger partial charge in [-0.25, -0.2) is 16.8 Å². The first-order valence-corrected chi connectivity index (χ1v) is 7.20. The molecule has 0 radical (unpaired) electrons. The van der Waals surface area contributed by atoms with E-state index in [-0.39, 0.29) is 0 Å². The number of alkyl halides is 6. The lowest BCUT2D eigenvalue weighted by Crippen LogP contribution is -2.48. The first-order chi connectivity index (χ1) is 8.17. The molecule has 0 spiro atoms. The van der Waals surface area contributed by atoms with Crippen LogP contribution in [-0.4, -0.2) is 38.2 Å². The molecule has 1 fully saturated rings. The fourth-order valence-corrected chi connectivity index (χ4v) is 5.77. The molecule has 0 amide bonds. The molecule has 1 saturated carbocycles. The third kappa shape index (κ3) is 1.85. The molecule has 0 aromatic carbocycles. The van der Waals surface area contributed by atoms with Crippen molar-refractivity contribution in [2.45, 2.75) is 21.5 Å². The van der Waals surface area contributed by atoms with Crippen LogP contribution < -0.4 is 0 Å². The summed E-state index contributed by atoms with van der Waals surface area (Å²) in [4.78, 5) is 10.3. The van der Waals surface area contributed by atoms with E-state index in [9.17, 15) is 48.0 Å². The Labute approximate surface area is 102 Å². The van der Waals surface area contributed by atoms with Crippen molar-refractivity contribution in [2.24, 2.45) is 5.92 Å². The summed E-state index contributed by atoms with van der Waals surface area (Å²) < 4.78 is 114. The Hall–Kier alpha value is -0.850. The van der Waals surface area contributed by atoms with Crippen LogP contribution >= 0.6 is 0 Å². The molecule has 0 saturated heterocycles. The van der Waals surface area contributed by atoms with Gasteiger partial charge in [0.2, 0.25) is 4.08 Å². The number of carbonyl (C=O) groups excluding carboxylic acids is 1. The number of hydrogen-bond donors (Lipinski definition) is 0. The summed E-state index contributed by atoms with van der Waals surface area (Å²) in [5.41, 5.74) is -12.4. The van der Waals surface area contributed by atoms with E-state index in [0.29, 0.717) is 0 Å². The van der Waals surface area contributed by atoms with E-state index in [0.717, 1.165) is 0 Å². The molecule has 13 heteroatoms. The Morgan fingerprint density at radius 1 is 0.895 bits per heavy atom. The molecule has 112 valence electrons. The van der Waals surface area contributed by atoms with Gasteiger partial charge in [0.1, 0.15) is 6.29 Å². The lowest BCUT2D eigenvalue weighted by molar-refractivity contribution is -0.108. The summed E-state index contributed by atoms with van der Waals surface area (Å²) in [5.74, 6) is -2.40. The largest absolute Gasteiger partial charge is 0.498 e. The Kier molecular flexibility index (Phi) is 3.27. The highest BCUT2D eigenvalue weighted by Crippen LogP contribution is 2.60. The second kappa shape index (κ2) is 3.84. The van der Waals surface area contributed by atoms with Crippen LogP contribution in [0.15, 0.2) is 0 Å². The van der Waals surface area contributed by atoms with Crippen LogP contribution in [0.25, 0.3) is 0 Å². The SMILES string of the molecule is O=CC1CC1(S(=O)(=O)C(F)(F)F)S(=O)(=O)C(F)(F)F. The van der Waals surface area contributed by atoms with E-state index in [2.05, 4.69) is 0 Å². The second-order valence-corrected chi connectivity index (χ2v) is 8.31. The molecule has 5 nitrogen and oxygen atoms in total. The summed E-state index contributed by atoms with van der Waals surface area (Å²) >= 11 is 0. The first-order valence-electron chi connectivity index (χ1n) is 4.24. The predicted octanol–water partition coefficient (Wildman–Crippen LogP) is 0.771. The van der Waals surface area contributed by atoms with E-state index in [1.54, 1.807) is 0 Å². The lowest BCUT2D eigenvalue weighted by atomic mass is 10.5. The number of sulfone groups is 2. The molecular formula is C6H4F6O5S2. The lowest BCUT2D eigenvalue weighted by Gasteiger charge is -2.20. The monoisotopic (exact) mass is 334 g/mol. The third-order valence-corrected chi connectivity index (χ3v) is 7.89. The zero-order chi connectivity index (χ0) is 15.5. The summed E-state index contributed by atoms with van der Waals surface area (Å²) in [7, 11) is -13.4. The van der Waals surface area contributed by atoms with Crippen molar-refractivity contribution in [1.82, 2.24) is 0 Å². The molecule has 0 heterocycles. The molecule has 1 aliphatic carbocycles. The number of hydrogen-bond acceptors (Lipinski definition) is 5. The van der Waals surface area contributed by atoms with Crippen LogP contribution in [0.4, 0.5) is 26.3 Å². The molecule has 1 unspecified atom stereocenters. The van der Waals surface area contributed by atoms with Gasteiger partial charge >= 0.3 is 11.0 Å². The van der Waals surface area contributed by atoms with Gasteiger partial charge in [0, 0.05) is 0 Å². The van der Waals surface area contributed by atoms with E-state index in [1.807, 2.05) is 0 Å². The maximum atomic E-state index is 12.3. The number of carbonyl (C=O) groups is 1. The van der Waals surface area contributed by atoms with Gasteiger partial charge in [-0.05, 0) is 6.42 Å². The molecule has 0 bridgehead atoms. The van der Waals surface area contributed by atoms with E-state index < -0.39 is 53.4 Å². The van der Waals surface area contributed by atoms with Crippen molar-refractivity contribution in [1.29, 1.82) is 0 Å². The van der Waals surface area contributed by atoms with Gasteiger partial charge in [0.15, 0.2) is 0 Å². The normalized spacial score (nSPS) is 24.0. The minimum Gasteiger partial charge on any atom is -0.303 e. The Morgan fingerprint density at radius 3 is 1.37 bits per heavy atom. The van der Waals surface area contributed by atoms with Gasteiger partial charge in [-0.2, -0.15) is 26.3 Å². The third-order valence-electron chi connectivity index (χ3n) is 2.59. The average Bonchev–Trinajstić information content (AvgIpc) is 2.89. The average molecular weight is 334 g/mol. The van der Waals surface area contributed by atoms with Crippen molar-refractivity contribution >= 4 is 26.0 Å². The van der Waals surface area contributed by atoms with Crippen LogP contribution in [0, 0.1) is 5.92 Å². The highest BCUT2D eigenvalue weighted by Gasteiger charge is 2.83. The number of rotatable bonds is 3. The van der Waals surface area contributed by atoms with Crippen molar-refractivity contribution in [3.8, 4) is 0 Å². The van der Waals surface area contributed by atoms with E-state index in [4.69, 9.17) is 0 Å². The smallest absolute Gasteiger partial charge is 0.303 e. The van der Waals surface area contributed by atoms with Crippen LogP contribution in [0.5, 0.6) is 0 Å². The second-order valence-electron chi connectivity index (χ2n) is 3.66. The first kappa shape index (κ1) is 16.2. The molecule has 0 aromatic heterocycles. The Bertz CT molecular complexity index is 553. The quantitative estimate of drug-likeness (QED) is 0.562. The Morgan fingerprint density at radius 2 is 1.21 bits per heavy atom. The van der Waals surface area contributed by atoms with Crippen molar-refractivity contribution in [3.05, 3.63) is 0 Å². The summed E-state index contributed by atoms with van der Waals surface area (Å²) in [6, 6.07) is 0. The zero-order valence-electron chi connectivity index (χ0n) is 8.49. The van der Waals surface area contributed by atoms with Crippen LogP contribution in [0.1, 0.15) is 6.42 Å². The van der Waals surface area contributed by atoms with E-state index in [1.165, 1.54) is 0 Å². The fraction of sp³-hybridized carbons (Fsp3) is 0.833. The highest BCUT2D eigenvalue weighted by atomic mass is 32.3. The molecule has 1 atom stereocenters. The molecule has 0 aromatic rings. The van der Waals surface area contributed by atoms with Gasteiger partial charge in [0.25, 0.3) is 19.7 Å². The minimum atomic E-state index is -6.71. The molecular weight excluding hydrogens is 330 g/mol. The van der Waals surface area contributed by atoms with Gasteiger partial charge in [-0.15, -0.1) is 0 Å². The van der Waals surface area contributed by atoms with Gasteiger partial charge in [-0.3, -0.25) is 0 Å². The van der Waals surface area contributed by atoms with Crippen molar-refractivity contribution < 1.29 is 48.0 Å². The highest BCUT2D eigenvalue weighted by molar-refractivity contribution is 8.11. The van der Waals surface area contributed by atoms with Crippen LogP contribution in [-0.2, 0) is 24.5 Å². The molecule has 0 aliphatic heterocycles. The maximum absolute atomic E-state index is 12.3.